The highest BCUT2D eigenvalue weighted by Crippen LogP contribution is 2.14. The predicted molar refractivity (Wildman–Crippen MR) is 72.5 cm³/mol. The molecule has 1 aromatic carbocycles. The van der Waals surface area contributed by atoms with Crippen LogP contribution >= 0.6 is 0 Å². The van der Waals surface area contributed by atoms with E-state index in [1.807, 2.05) is 19.2 Å². The van der Waals surface area contributed by atoms with Gasteiger partial charge in [0, 0.05) is 16.8 Å². The fourth-order valence-electron chi connectivity index (χ4n) is 2.16. The Morgan fingerprint density at radius 3 is 2.94 bits per heavy atom. The molecule has 0 radical (unpaired) electrons. The maximum absolute atomic E-state index is 4.52. The van der Waals surface area contributed by atoms with E-state index in [1.165, 1.54) is 10.9 Å². The molecule has 0 unspecified atom stereocenters. The molecule has 0 amide bonds. The molecule has 0 bridgehead atoms. The van der Waals surface area contributed by atoms with Crippen molar-refractivity contribution in [1.82, 2.24) is 15.2 Å². The number of nitrogens with zero attached hydrogens (tertiary/aromatic N) is 2. The SMILES string of the molecule is Cc1cccc(CCc2ccc3[nH]ncc3c2)n1. The Kier molecular flexibility index (Phi) is 2.81. The minimum absolute atomic E-state index is 0.977. The number of pyridine rings is 1. The Balaban J connectivity index is 1.76. The van der Waals surface area contributed by atoms with Crippen LogP contribution in [0.25, 0.3) is 10.9 Å². The summed E-state index contributed by atoms with van der Waals surface area (Å²) in [7, 11) is 0. The summed E-state index contributed by atoms with van der Waals surface area (Å²) in [5.74, 6) is 0. The first kappa shape index (κ1) is 11.0. The first-order chi connectivity index (χ1) is 8.81. The fraction of sp³-hybridized carbons (Fsp3) is 0.200. The molecule has 3 nitrogen and oxygen atoms in total. The van der Waals surface area contributed by atoms with Gasteiger partial charge in [0.05, 0.1) is 11.7 Å². The third-order valence-corrected chi connectivity index (χ3v) is 3.12. The number of fused-ring (bicyclic) bond motifs is 1. The number of benzene rings is 1. The Morgan fingerprint density at radius 2 is 2.06 bits per heavy atom. The smallest absolute Gasteiger partial charge is 0.0650 e. The normalized spacial score (nSPS) is 10.9. The molecule has 3 aromatic rings. The van der Waals surface area contributed by atoms with Crippen LogP contribution in [0.2, 0.25) is 0 Å². The topological polar surface area (TPSA) is 41.6 Å². The third-order valence-electron chi connectivity index (χ3n) is 3.12. The molecule has 0 aliphatic carbocycles. The number of aromatic amines is 1. The highest BCUT2D eigenvalue weighted by molar-refractivity contribution is 5.78. The van der Waals surface area contributed by atoms with E-state index >= 15 is 0 Å². The molecule has 0 aliphatic heterocycles. The van der Waals surface area contributed by atoms with Crippen molar-refractivity contribution >= 4 is 10.9 Å². The molecule has 18 heavy (non-hydrogen) atoms. The molecule has 0 saturated carbocycles. The number of hydrogen-bond acceptors (Lipinski definition) is 2. The van der Waals surface area contributed by atoms with E-state index in [0.29, 0.717) is 0 Å². The average molecular weight is 237 g/mol. The molecular formula is C15H15N3. The zero-order valence-corrected chi connectivity index (χ0v) is 10.4. The lowest BCUT2D eigenvalue weighted by Crippen LogP contribution is -1.95. The van der Waals surface area contributed by atoms with Crippen LogP contribution in [-0.4, -0.2) is 15.2 Å². The van der Waals surface area contributed by atoms with Gasteiger partial charge in [0.15, 0.2) is 0 Å². The van der Waals surface area contributed by atoms with Gasteiger partial charge in [0.25, 0.3) is 0 Å². The molecule has 0 fully saturated rings. The summed E-state index contributed by atoms with van der Waals surface area (Å²) in [6.45, 7) is 2.03. The lowest BCUT2D eigenvalue weighted by molar-refractivity contribution is 0.904. The van der Waals surface area contributed by atoms with Crippen molar-refractivity contribution < 1.29 is 0 Å². The molecule has 2 aromatic heterocycles. The summed E-state index contributed by atoms with van der Waals surface area (Å²) in [6.07, 6.45) is 3.85. The van der Waals surface area contributed by atoms with Crippen LogP contribution in [0.1, 0.15) is 17.0 Å². The van der Waals surface area contributed by atoms with Crippen molar-refractivity contribution in [3.8, 4) is 0 Å². The van der Waals surface area contributed by atoms with Crippen LogP contribution in [-0.2, 0) is 12.8 Å². The van der Waals surface area contributed by atoms with Crippen LogP contribution in [0, 0.1) is 6.92 Å². The summed E-state index contributed by atoms with van der Waals surface area (Å²) in [4.78, 5) is 4.52. The van der Waals surface area contributed by atoms with Crippen LogP contribution in [0.3, 0.4) is 0 Å². The second-order valence-electron chi connectivity index (χ2n) is 4.56. The van der Waals surface area contributed by atoms with Gasteiger partial charge in [-0.05, 0) is 49.6 Å². The van der Waals surface area contributed by atoms with Gasteiger partial charge in [-0.2, -0.15) is 5.10 Å². The lowest BCUT2D eigenvalue weighted by atomic mass is 10.1. The largest absolute Gasteiger partial charge is 0.278 e. The molecular weight excluding hydrogens is 222 g/mol. The molecule has 2 heterocycles. The van der Waals surface area contributed by atoms with E-state index in [-0.39, 0.29) is 0 Å². The molecule has 1 N–H and O–H groups in total. The van der Waals surface area contributed by atoms with Gasteiger partial charge in [-0.3, -0.25) is 10.1 Å². The number of hydrogen-bond donors (Lipinski definition) is 1. The second kappa shape index (κ2) is 4.61. The van der Waals surface area contributed by atoms with Gasteiger partial charge < -0.3 is 0 Å². The highest BCUT2D eigenvalue weighted by atomic mass is 15.1. The van der Waals surface area contributed by atoms with E-state index < -0.39 is 0 Å². The van der Waals surface area contributed by atoms with E-state index in [2.05, 4.69) is 45.5 Å². The van der Waals surface area contributed by atoms with Crippen LogP contribution < -0.4 is 0 Å². The number of H-pyrrole nitrogens is 1. The van der Waals surface area contributed by atoms with E-state index in [4.69, 9.17) is 0 Å². The van der Waals surface area contributed by atoms with E-state index in [0.717, 1.165) is 29.7 Å². The van der Waals surface area contributed by atoms with Gasteiger partial charge in [-0.15, -0.1) is 0 Å². The van der Waals surface area contributed by atoms with Gasteiger partial charge in [-0.25, -0.2) is 0 Å². The molecule has 3 heteroatoms. The minimum atomic E-state index is 0.977. The molecule has 0 saturated heterocycles. The first-order valence-electron chi connectivity index (χ1n) is 6.16. The standard InChI is InChI=1S/C15H15N3/c1-11-3-2-4-14(17-11)7-5-12-6-8-15-13(9-12)10-16-18-15/h2-4,6,8-10H,5,7H2,1H3,(H,16,18). The average Bonchev–Trinajstić information content (AvgIpc) is 2.84. The predicted octanol–water partition coefficient (Wildman–Crippen LogP) is 3.05. The number of rotatable bonds is 3. The molecule has 3 rings (SSSR count). The van der Waals surface area contributed by atoms with Gasteiger partial charge in [0.2, 0.25) is 0 Å². The van der Waals surface area contributed by atoms with E-state index in [9.17, 15) is 0 Å². The van der Waals surface area contributed by atoms with Crippen molar-refractivity contribution in [1.29, 1.82) is 0 Å². The van der Waals surface area contributed by atoms with Gasteiger partial charge >= 0.3 is 0 Å². The summed E-state index contributed by atoms with van der Waals surface area (Å²) in [5.41, 5.74) is 4.65. The lowest BCUT2D eigenvalue weighted by Gasteiger charge is -2.02. The fourth-order valence-corrected chi connectivity index (χ4v) is 2.16. The zero-order valence-electron chi connectivity index (χ0n) is 10.4. The zero-order chi connectivity index (χ0) is 12.4. The first-order valence-corrected chi connectivity index (χ1v) is 6.16. The van der Waals surface area contributed by atoms with E-state index in [1.54, 1.807) is 0 Å². The number of nitrogens with one attached hydrogen (secondary N) is 1. The highest BCUT2D eigenvalue weighted by Gasteiger charge is 2.00. The van der Waals surface area contributed by atoms with Crippen molar-refractivity contribution in [2.45, 2.75) is 19.8 Å². The third kappa shape index (κ3) is 2.25. The monoisotopic (exact) mass is 237 g/mol. The van der Waals surface area contributed by atoms with Crippen LogP contribution in [0.15, 0.2) is 42.6 Å². The van der Waals surface area contributed by atoms with Crippen LogP contribution in [0.4, 0.5) is 0 Å². The summed E-state index contributed by atoms with van der Waals surface area (Å²) in [5, 5.41) is 8.17. The van der Waals surface area contributed by atoms with Gasteiger partial charge in [-0.1, -0.05) is 12.1 Å². The van der Waals surface area contributed by atoms with Gasteiger partial charge in [0.1, 0.15) is 0 Å². The summed E-state index contributed by atoms with van der Waals surface area (Å²) >= 11 is 0. The Hall–Kier alpha value is -2.16. The maximum Gasteiger partial charge on any atom is 0.0650 e. The van der Waals surface area contributed by atoms with Crippen molar-refractivity contribution in [3.05, 3.63) is 59.5 Å². The second-order valence-corrected chi connectivity index (χ2v) is 4.56. The molecule has 0 aliphatic rings. The Bertz CT molecular complexity index is 670. The van der Waals surface area contributed by atoms with Crippen molar-refractivity contribution in [3.63, 3.8) is 0 Å². The molecule has 0 spiro atoms. The quantitative estimate of drug-likeness (QED) is 0.760. The molecule has 90 valence electrons. The Morgan fingerprint density at radius 1 is 1.11 bits per heavy atom. The number of aromatic nitrogens is 3. The minimum Gasteiger partial charge on any atom is -0.278 e. The summed E-state index contributed by atoms with van der Waals surface area (Å²) in [6, 6.07) is 12.6. The maximum atomic E-state index is 4.52. The van der Waals surface area contributed by atoms with Crippen molar-refractivity contribution in [2.24, 2.45) is 0 Å². The van der Waals surface area contributed by atoms with Crippen molar-refractivity contribution in [2.75, 3.05) is 0 Å². The number of aryl methyl sites for hydroxylation is 3. The Labute approximate surface area is 106 Å². The molecule has 0 atom stereocenters. The summed E-state index contributed by atoms with van der Waals surface area (Å²) < 4.78 is 0. The van der Waals surface area contributed by atoms with Crippen LogP contribution in [0.5, 0.6) is 0 Å².